The lowest BCUT2D eigenvalue weighted by Crippen LogP contribution is -2.17. The summed E-state index contributed by atoms with van der Waals surface area (Å²) in [6.45, 7) is 25.3. The Morgan fingerprint density at radius 2 is 0.947 bits per heavy atom. The van der Waals surface area contributed by atoms with Crippen molar-refractivity contribution in [3.8, 4) is 33.5 Å². The zero-order chi connectivity index (χ0) is 28.6. The van der Waals surface area contributed by atoms with Gasteiger partial charge in [0.1, 0.15) is 16.5 Å². The lowest BCUT2D eigenvalue weighted by molar-refractivity contribution is 0.422. The second-order valence-corrected chi connectivity index (χ2v) is 15.4. The summed E-state index contributed by atoms with van der Waals surface area (Å²) in [7, 11) is 0. The molecule has 7 heteroatoms. The Morgan fingerprint density at radius 1 is 0.579 bits per heavy atom. The number of phenols is 2. The van der Waals surface area contributed by atoms with Crippen LogP contribution in [0.4, 0.5) is 0 Å². The molecular formula is C31H42N4O2S. The smallest absolute Gasteiger partial charge is 0.235 e. The molecule has 2 N–H and O–H groups in total. The van der Waals surface area contributed by atoms with Crippen LogP contribution in [0, 0.1) is 0 Å². The lowest BCUT2D eigenvalue weighted by Gasteiger charge is -2.28. The molecule has 0 spiro atoms. The summed E-state index contributed by atoms with van der Waals surface area (Å²) in [5.41, 5.74) is 4.39. The van der Waals surface area contributed by atoms with Crippen LogP contribution in [0.5, 0.6) is 11.5 Å². The predicted molar refractivity (Wildman–Crippen MR) is 158 cm³/mol. The second-order valence-electron chi connectivity index (χ2n) is 14.5. The summed E-state index contributed by atoms with van der Waals surface area (Å²) >= 11 is 1.48. The summed E-state index contributed by atoms with van der Waals surface area (Å²) in [5.74, 6) is 1.33. The van der Waals surface area contributed by atoms with Gasteiger partial charge in [0.05, 0.1) is 0 Å². The van der Waals surface area contributed by atoms with Crippen molar-refractivity contribution in [1.29, 1.82) is 0 Å². The molecule has 0 atom stereocenters. The largest absolute Gasteiger partial charge is 0.507 e. The Kier molecular flexibility index (Phi) is 6.50. The molecule has 0 aliphatic carbocycles. The number of benzene rings is 2. The fraction of sp³-hybridized carbons (Fsp3) is 0.516. The first-order valence-corrected chi connectivity index (χ1v) is 14.0. The first kappa shape index (κ1) is 28.1. The first-order valence-electron chi connectivity index (χ1n) is 13.2. The van der Waals surface area contributed by atoms with Gasteiger partial charge in [0.2, 0.25) is 4.96 Å². The molecule has 0 aliphatic rings. The number of nitrogens with zero attached hydrogens (tertiary/aromatic N) is 4. The van der Waals surface area contributed by atoms with Crippen LogP contribution < -0.4 is 0 Å². The van der Waals surface area contributed by atoms with Gasteiger partial charge in [0.15, 0.2) is 5.82 Å². The lowest BCUT2D eigenvalue weighted by atomic mass is 9.78. The van der Waals surface area contributed by atoms with Crippen LogP contribution in [0.2, 0.25) is 0 Å². The van der Waals surface area contributed by atoms with Gasteiger partial charge < -0.3 is 10.2 Å². The number of rotatable bonds is 2. The molecule has 4 rings (SSSR count). The van der Waals surface area contributed by atoms with Crippen molar-refractivity contribution in [2.24, 2.45) is 0 Å². The molecule has 0 amide bonds. The average molecular weight is 535 g/mol. The van der Waals surface area contributed by atoms with Gasteiger partial charge in [0, 0.05) is 33.4 Å². The number of aromatic nitrogens is 4. The zero-order valence-electron chi connectivity index (χ0n) is 24.9. The van der Waals surface area contributed by atoms with E-state index >= 15 is 0 Å². The number of phenolic OH excluding ortho intramolecular Hbond substituents is 2. The highest BCUT2D eigenvalue weighted by atomic mass is 32.1. The van der Waals surface area contributed by atoms with E-state index < -0.39 is 0 Å². The molecule has 2 aromatic carbocycles. The van der Waals surface area contributed by atoms with Crippen LogP contribution in [0.1, 0.15) is 105 Å². The minimum atomic E-state index is -0.254. The summed E-state index contributed by atoms with van der Waals surface area (Å²) < 4.78 is 1.80. The molecule has 6 nitrogen and oxygen atoms in total. The molecule has 0 bridgehead atoms. The number of fused-ring (bicyclic) bond motifs is 1. The normalized spacial score (nSPS) is 13.5. The third-order valence-corrected chi connectivity index (χ3v) is 7.90. The maximum atomic E-state index is 11.2. The quantitative estimate of drug-likeness (QED) is 0.271. The summed E-state index contributed by atoms with van der Waals surface area (Å²) in [6.07, 6.45) is 0. The fourth-order valence-electron chi connectivity index (χ4n) is 4.72. The minimum absolute atomic E-state index is 0.233. The third-order valence-electron chi connectivity index (χ3n) is 6.95. The van der Waals surface area contributed by atoms with E-state index in [1.54, 1.807) is 4.52 Å². The molecule has 0 radical (unpaired) electrons. The molecule has 0 aliphatic heterocycles. The fourth-order valence-corrected chi connectivity index (χ4v) is 5.55. The molecule has 0 saturated carbocycles. The van der Waals surface area contributed by atoms with E-state index in [9.17, 15) is 10.2 Å². The molecule has 0 unspecified atom stereocenters. The Balaban J connectivity index is 1.95. The van der Waals surface area contributed by atoms with Crippen molar-refractivity contribution in [1.82, 2.24) is 19.8 Å². The SMILES string of the molecule is CC(C)(C)c1cc(-c2nn3c(-c4cc(C(C)(C)C)c(O)c(C(C)(C)C)c4)nnc3s2)cc(C(C)(C)C)c1O. The summed E-state index contributed by atoms with van der Waals surface area (Å²) in [5, 5.41) is 37.1. The topological polar surface area (TPSA) is 83.5 Å². The molecule has 0 fully saturated rings. The van der Waals surface area contributed by atoms with Gasteiger partial charge in [-0.1, -0.05) is 94.4 Å². The molecule has 204 valence electrons. The molecule has 4 aromatic rings. The molecule has 2 aromatic heterocycles. The van der Waals surface area contributed by atoms with E-state index in [2.05, 4.69) is 93.3 Å². The highest BCUT2D eigenvalue weighted by Gasteiger charge is 2.30. The summed E-state index contributed by atoms with van der Waals surface area (Å²) in [6, 6.07) is 8.11. The molecule has 38 heavy (non-hydrogen) atoms. The Morgan fingerprint density at radius 3 is 1.32 bits per heavy atom. The van der Waals surface area contributed by atoms with Crippen LogP contribution in [0.25, 0.3) is 26.9 Å². The monoisotopic (exact) mass is 534 g/mol. The number of hydrogen-bond acceptors (Lipinski definition) is 6. The average Bonchev–Trinajstić information content (AvgIpc) is 3.32. The van der Waals surface area contributed by atoms with Crippen molar-refractivity contribution in [2.75, 3.05) is 0 Å². The van der Waals surface area contributed by atoms with Crippen LogP contribution in [0.3, 0.4) is 0 Å². The van der Waals surface area contributed by atoms with Gasteiger partial charge in [-0.15, -0.1) is 10.2 Å². The van der Waals surface area contributed by atoms with Gasteiger partial charge in [-0.05, 0) is 45.9 Å². The number of hydrogen-bond donors (Lipinski definition) is 2. The molecule has 0 saturated heterocycles. The van der Waals surface area contributed by atoms with Gasteiger partial charge in [-0.25, -0.2) is 0 Å². The van der Waals surface area contributed by atoms with Crippen LogP contribution in [0.15, 0.2) is 24.3 Å². The van der Waals surface area contributed by atoms with E-state index in [4.69, 9.17) is 5.10 Å². The van der Waals surface area contributed by atoms with Crippen molar-refractivity contribution < 1.29 is 10.2 Å². The van der Waals surface area contributed by atoms with Gasteiger partial charge >= 0.3 is 0 Å². The highest BCUT2D eigenvalue weighted by molar-refractivity contribution is 7.19. The maximum Gasteiger partial charge on any atom is 0.235 e. The van der Waals surface area contributed by atoms with Crippen LogP contribution >= 0.6 is 11.3 Å². The standard InChI is InChI=1S/C31H42N4O2S/c1-28(2,3)19-13-17(14-20(23(19)36)29(4,5)6)25-32-33-27-35(25)34-26(38-27)18-15-21(30(7,8)9)24(37)22(16-18)31(10,11)12/h13-16,36-37H,1-12H3. The zero-order valence-corrected chi connectivity index (χ0v) is 25.7. The second kappa shape index (κ2) is 8.80. The Labute approximate surface area is 230 Å². The van der Waals surface area contributed by atoms with Crippen LogP contribution in [-0.2, 0) is 21.7 Å². The maximum absolute atomic E-state index is 11.2. The van der Waals surface area contributed by atoms with E-state index in [1.807, 2.05) is 24.3 Å². The van der Waals surface area contributed by atoms with E-state index in [-0.39, 0.29) is 21.7 Å². The summed E-state index contributed by atoms with van der Waals surface area (Å²) in [4.78, 5) is 0.695. The third kappa shape index (κ3) is 5.05. The Hall–Kier alpha value is -2.93. The van der Waals surface area contributed by atoms with Crippen molar-refractivity contribution in [3.63, 3.8) is 0 Å². The Bertz CT molecular complexity index is 1450. The molecular weight excluding hydrogens is 492 g/mol. The van der Waals surface area contributed by atoms with Gasteiger partial charge in [-0.3, -0.25) is 0 Å². The minimum Gasteiger partial charge on any atom is -0.507 e. The van der Waals surface area contributed by atoms with Crippen LogP contribution in [-0.4, -0.2) is 30.0 Å². The van der Waals surface area contributed by atoms with Crippen molar-refractivity contribution in [2.45, 2.75) is 105 Å². The highest BCUT2D eigenvalue weighted by Crippen LogP contribution is 2.44. The first-order chi connectivity index (χ1) is 17.2. The molecule has 2 heterocycles. The van der Waals surface area contributed by atoms with Gasteiger partial charge in [-0.2, -0.15) is 9.61 Å². The van der Waals surface area contributed by atoms with E-state index in [1.165, 1.54) is 11.3 Å². The van der Waals surface area contributed by atoms with E-state index in [0.717, 1.165) is 38.4 Å². The van der Waals surface area contributed by atoms with E-state index in [0.29, 0.717) is 22.3 Å². The number of aromatic hydroxyl groups is 2. The van der Waals surface area contributed by atoms with Crippen molar-refractivity contribution in [3.05, 3.63) is 46.5 Å². The van der Waals surface area contributed by atoms with Gasteiger partial charge in [0.25, 0.3) is 0 Å². The predicted octanol–water partition coefficient (Wildman–Crippen LogP) is 8.12. The van der Waals surface area contributed by atoms with Crippen molar-refractivity contribution >= 4 is 16.3 Å².